The van der Waals surface area contributed by atoms with E-state index in [-0.39, 0.29) is 11.3 Å². The number of esters is 1. The van der Waals surface area contributed by atoms with Crippen LogP contribution in [0.3, 0.4) is 0 Å². The van der Waals surface area contributed by atoms with Crippen LogP contribution in [-0.4, -0.2) is 17.9 Å². The number of carbonyl (C=O) groups excluding carboxylic acids is 1. The maximum Gasteiger partial charge on any atom is 0.302 e. The summed E-state index contributed by atoms with van der Waals surface area (Å²) in [4.78, 5) is 10.1. The van der Waals surface area contributed by atoms with Gasteiger partial charge in [0.15, 0.2) is 0 Å². The van der Waals surface area contributed by atoms with Gasteiger partial charge in [-0.1, -0.05) is 13.8 Å². The molecule has 0 heterocycles. The summed E-state index contributed by atoms with van der Waals surface area (Å²) in [6, 6.07) is 0. The monoisotopic (exact) mass is 200 g/mol. The molecule has 0 unspecified atom stereocenters. The topological polar surface area (TPSA) is 26.3 Å². The third-order valence-electron chi connectivity index (χ3n) is 0.620. The lowest BCUT2D eigenvalue weighted by Gasteiger charge is -2.02. The molecular weight excluding hydrogens is 187 g/mol. The fourth-order valence-electron chi connectivity index (χ4n) is 0.284. The number of rotatable bonds is 2. The van der Waals surface area contributed by atoms with Gasteiger partial charge < -0.3 is 4.74 Å². The average Bonchev–Trinajstić information content (AvgIpc) is 1.85. The van der Waals surface area contributed by atoms with E-state index in [1.54, 1.807) is 0 Å². The van der Waals surface area contributed by atoms with Crippen molar-refractivity contribution < 1.29 is 9.53 Å². The van der Waals surface area contributed by atoms with Crippen molar-refractivity contribution in [3.05, 3.63) is 0 Å². The highest BCUT2D eigenvalue weighted by Crippen LogP contribution is 1.91. The van der Waals surface area contributed by atoms with E-state index in [1.165, 1.54) is 6.92 Å². The Hall–Kier alpha value is 0.0500. The second kappa shape index (κ2) is 10.0. The highest BCUT2D eigenvalue weighted by Gasteiger charge is 1.94. The number of ether oxygens (including phenoxy) is 1. The van der Waals surface area contributed by atoms with Gasteiger partial charge >= 0.3 is 5.97 Å². The molecule has 0 fully saturated rings. The third-order valence-corrected chi connectivity index (χ3v) is 0.620. The molecule has 4 heteroatoms. The first kappa shape index (κ1) is 13.6. The number of carbonyl (C=O) groups is 1. The Kier molecular flexibility index (Phi) is 12.5. The van der Waals surface area contributed by atoms with Crippen molar-refractivity contribution in [2.75, 3.05) is 11.9 Å². The van der Waals surface area contributed by atoms with Crippen LogP contribution in [0, 0.1) is 5.92 Å². The first-order chi connectivity index (χ1) is 5.04. The normalized spacial score (nSPS) is 8.55. The first-order valence-corrected chi connectivity index (χ1v) is 4.36. The fraction of sp³-hybridized carbons (Fsp3) is 0.857. The molecule has 0 spiro atoms. The van der Waals surface area contributed by atoms with Crippen LogP contribution in [-0.2, 0) is 9.53 Å². The molecule has 0 bridgehead atoms. The summed E-state index contributed by atoms with van der Waals surface area (Å²) < 4.78 is 4.66. The van der Waals surface area contributed by atoms with Gasteiger partial charge in [-0.05, 0) is 5.92 Å². The maximum atomic E-state index is 10.1. The Morgan fingerprint density at radius 3 is 1.91 bits per heavy atom. The van der Waals surface area contributed by atoms with E-state index in [9.17, 15) is 4.79 Å². The smallest absolute Gasteiger partial charge is 0.302 e. The zero-order chi connectivity index (χ0) is 9.28. The van der Waals surface area contributed by atoms with E-state index in [1.807, 2.05) is 13.8 Å². The Bertz CT molecular complexity index is 94.4. The van der Waals surface area contributed by atoms with E-state index >= 15 is 0 Å². The van der Waals surface area contributed by atoms with Crippen molar-refractivity contribution in [1.82, 2.24) is 0 Å². The summed E-state index contributed by atoms with van der Waals surface area (Å²) >= 11 is 9.53. The predicted octanol–water partition coefficient (Wildman–Crippen LogP) is 2.63. The highest BCUT2D eigenvalue weighted by molar-refractivity contribution is 6.40. The SMILES string of the molecule is CC(=O)OCC(C)C.ClCCl. The highest BCUT2D eigenvalue weighted by atomic mass is 35.5. The van der Waals surface area contributed by atoms with Crippen molar-refractivity contribution in [2.45, 2.75) is 20.8 Å². The molecule has 0 atom stereocenters. The molecule has 0 saturated carbocycles. The Morgan fingerprint density at radius 2 is 1.82 bits per heavy atom. The van der Waals surface area contributed by atoms with Gasteiger partial charge in [0.2, 0.25) is 0 Å². The van der Waals surface area contributed by atoms with Crippen LogP contribution in [0.5, 0.6) is 0 Å². The summed E-state index contributed by atoms with van der Waals surface area (Å²) in [5.74, 6) is 0.248. The summed E-state index contributed by atoms with van der Waals surface area (Å²) in [6.45, 7) is 5.96. The maximum absolute atomic E-state index is 10.1. The lowest BCUT2D eigenvalue weighted by Crippen LogP contribution is -2.05. The van der Waals surface area contributed by atoms with Gasteiger partial charge in [0, 0.05) is 6.92 Å². The molecule has 0 aromatic rings. The van der Waals surface area contributed by atoms with Crippen LogP contribution in [0.1, 0.15) is 20.8 Å². The molecule has 0 aromatic carbocycles. The van der Waals surface area contributed by atoms with E-state index < -0.39 is 0 Å². The minimum absolute atomic E-state index is 0.194. The third kappa shape index (κ3) is 25.5. The van der Waals surface area contributed by atoms with Gasteiger partial charge in [-0.15, -0.1) is 23.2 Å². The van der Waals surface area contributed by atoms with Crippen molar-refractivity contribution in [3.8, 4) is 0 Å². The number of alkyl halides is 2. The molecule has 0 aliphatic carbocycles. The van der Waals surface area contributed by atoms with Crippen LogP contribution < -0.4 is 0 Å². The van der Waals surface area contributed by atoms with E-state index in [0.717, 1.165) is 0 Å². The molecule has 0 N–H and O–H groups in total. The van der Waals surface area contributed by atoms with Crippen molar-refractivity contribution in [3.63, 3.8) is 0 Å². The van der Waals surface area contributed by atoms with E-state index in [0.29, 0.717) is 12.5 Å². The van der Waals surface area contributed by atoms with Gasteiger partial charge in [0.05, 0.1) is 11.9 Å². The molecule has 0 amide bonds. The molecule has 11 heavy (non-hydrogen) atoms. The minimum Gasteiger partial charge on any atom is -0.466 e. The van der Waals surface area contributed by atoms with Gasteiger partial charge in [-0.3, -0.25) is 4.79 Å². The van der Waals surface area contributed by atoms with Gasteiger partial charge in [0.1, 0.15) is 0 Å². The molecule has 0 aliphatic rings. The minimum atomic E-state index is -0.196. The molecule has 0 saturated heterocycles. The molecule has 0 aliphatic heterocycles. The number of hydrogen-bond donors (Lipinski definition) is 0. The van der Waals surface area contributed by atoms with Crippen LogP contribution in [0.25, 0.3) is 0 Å². The van der Waals surface area contributed by atoms with Crippen molar-refractivity contribution in [1.29, 1.82) is 0 Å². The Morgan fingerprint density at radius 1 is 1.45 bits per heavy atom. The van der Waals surface area contributed by atoms with E-state index in [4.69, 9.17) is 23.2 Å². The lowest BCUT2D eigenvalue weighted by molar-refractivity contribution is -0.141. The summed E-state index contributed by atoms with van der Waals surface area (Å²) in [6.07, 6.45) is 0. The molecule has 0 radical (unpaired) electrons. The molecule has 0 aromatic heterocycles. The number of hydrogen-bond acceptors (Lipinski definition) is 2. The Balaban J connectivity index is 0. The second-order valence-corrected chi connectivity index (χ2v) is 3.11. The van der Waals surface area contributed by atoms with Crippen LogP contribution in [0.15, 0.2) is 0 Å². The molecule has 0 rings (SSSR count). The van der Waals surface area contributed by atoms with Crippen molar-refractivity contribution in [2.24, 2.45) is 5.92 Å². The fourth-order valence-corrected chi connectivity index (χ4v) is 0.284. The molecule has 2 nitrogen and oxygen atoms in total. The standard InChI is InChI=1S/C6H12O2.CH2Cl2/c1-5(2)4-8-6(3)7;2-1-3/h5H,4H2,1-3H3;1H2. The summed E-state index contributed by atoms with van der Waals surface area (Å²) in [7, 11) is 0. The number of halogens is 2. The van der Waals surface area contributed by atoms with Crippen LogP contribution in [0.4, 0.5) is 0 Å². The zero-order valence-corrected chi connectivity index (χ0v) is 8.58. The molecular formula is C7H14Cl2O2. The van der Waals surface area contributed by atoms with Gasteiger partial charge in [0.25, 0.3) is 0 Å². The van der Waals surface area contributed by atoms with Gasteiger partial charge in [-0.25, -0.2) is 0 Å². The van der Waals surface area contributed by atoms with E-state index in [2.05, 4.69) is 4.74 Å². The predicted molar refractivity (Wildman–Crippen MR) is 48.0 cm³/mol. The summed E-state index contributed by atoms with van der Waals surface area (Å²) in [5.41, 5.74) is 0. The van der Waals surface area contributed by atoms with Gasteiger partial charge in [-0.2, -0.15) is 0 Å². The Labute approximate surface area is 77.8 Å². The lowest BCUT2D eigenvalue weighted by atomic mass is 10.2. The summed E-state index contributed by atoms with van der Waals surface area (Å²) in [5, 5.41) is 0.194. The second-order valence-electron chi connectivity index (χ2n) is 2.30. The van der Waals surface area contributed by atoms with Crippen LogP contribution in [0.2, 0.25) is 0 Å². The molecule has 68 valence electrons. The quantitative estimate of drug-likeness (QED) is 0.507. The first-order valence-electron chi connectivity index (χ1n) is 3.29. The van der Waals surface area contributed by atoms with Crippen molar-refractivity contribution >= 4 is 29.2 Å². The zero-order valence-electron chi connectivity index (χ0n) is 7.06. The average molecular weight is 201 g/mol. The largest absolute Gasteiger partial charge is 0.466 e. The van der Waals surface area contributed by atoms with Crippen LogP contribution >= 0.6 is 23.2 Å².